The number of thioether (sulfide) groups is 1. The highest BCUT2D eigenvalue weighted by atomic mass is 32.2. The summed E-state index contributed by atoms with van der Waals surface area (Å²) >= 11 is 1.46. The van der Waals surface area contributed by atoms with E-state index in [0.29, 0.717) is 47.1 Å². The number of hydrogen-bond acceptors (Lipinski definition) is 7. The number of hydrogen-bond donors (Lipinski definition) is 1. The third kappa shape index (κ3) is 4.45. The van der Waals surface area contributed by atoms with E-state index in [-0.39, 0.29) is 0 Å². The molecule has 4 rings (SSSR count). The topological polar surface area (TPSA) is 113 Å². The Morgan fingerprint density at radius 3 is 2.53 bits per heavy atom. The van der Waals surface area contributed by atoms with Crippen molar-refractivity contribution in [3.8, 4) is 0 Å². The quantitative estimate of drug-likeness (QED) is 0.549. The molecule has 0 saturated heterocycles. The number of aromatic nitrogens is 4. The number of rotatable bonds is 9. The van der Waals surface area contributed by atoms with Gasteiger partial charge in [-0.3, -0.25) is 14.3 Å². The molecule has 1 unspecified atom stereocenters. The number of unbranched alkanes of at least 4 members (excludes halogenated alkanes) is 2. The monoisotopic (exact) mass is 485 g/mol. The average molecular weight is 486 g/mol. The number of guanidine groups is 1. The molecule has 0 spiro atoms. The summed E-state index contributed by atoms with van der Waals surface area (Å²) in [6.07, 6.45) is 5.14. The summed E-state index contributed by atoms with van der Waals surface area (Å²) < 4.78 is 5.30. The van der Waals surface area contributed by atoms with Gasteiger partial charge in [-0.25, -0.2) is 9.78 Å². The van der Waals surface area contributed by atoms with Crippen LogP contribution in [-0.4, -0.2) is 46.3 Å². The fourth-order valence-electron chi connectivity index (χ4n) is 4.49. The SMILES string of the molecule is CCCCC1C(C)=NC2=NC(SCc3nc4c(c(=O)[nH]c(=O)n4CCCC)n3CC)=N[N+]2=C1C. The highest BCUT2D eigenvalue weighted by molar-refractivity contribution is 8.13. The highest BCUT2D eigenvalue weighted by Gasteiger charge is 2.36. The maximum atomic E-state index is 12.6. The number of imidazole rings is 1. The summed E-state index contributed by atoms with van der Waals surface area (Å²) in [6.45, 7) is 11.5. The maximum absolute atomic E-state index is 12.6. The van der Waals surface area contributed by atoms with E-state index in [2.05, 4.69) is 37.7 Å². The van der Waals surface area contributed by atoms with E-state index < -0.39 is 11.2 Å². The lowest BCUT2D eigenvalue weighted by Gasteiger charge is -2.17. The van der Waals surface area contributed by atoms with E-state index in [9.17, 15) is 9.59 Å². The van der Waals surface area contributed by atoms with E-state index in [4.69, 9.17) is 15.1 Å². The summed E-state index contributed by atoms with van der Waals surface area (Å²) in [5.74, 6) is 2.11. The number of hydrazone groups is 1. The van der Waals surface area contributed by atoms with Gasteiger partial charge >= 0.3 is 11.6 Å². The van der Waals surface area contributed by atoms with Crippen LogP contribution in [0.3, 0.4) is 0 Å². The zero-order valence-corrected chi connectivity index (χ0v) is 21.4. The van der Waals surface area contributed by atoms with Crippen molar-refractivity contribution in [2.24, 2.45) is 21.0 Å². The van der Waals surface area contributed by atoms with Crippen LogP contribution in [0, 0.1) is 5.92 Å². The number of nitrogens with one attached hydrogen (secondary N) is 1. The normalized spacial score (nSPS) is 17.8. The predicted octanol–water partition coefficient (Wildman–Crippen LogP) is 3.33. The van der Waals surface area contributed by atoms with Crippen LogP contribution in [-0.2, 0) is 18.8 Å². The van der Waals surface area contributed by atoms with Gasteiger partial charge in [0.25, 0.3) is 10.7 Å². The Morgan fingerprint density at radius 1 is 1.06 bits per heavy atom. The smallest absolute Gasteiger partial charge is 0.322 e. The van der Waals surface area contributed by atoms with Crippen molar-refractivity contribution in [1.29, 1.82) is 0 Å². The molecule has 0 bridgehead atoms. The molecule has 2 aromatic heterocycles. The van der Waals surface area contributed by atoms with Crippen molar-refractivity contribution in [1.82, 2.24) is 19.1 Å². The van der Waals surface area contributed by atoms with Crippen molar-refractivity contribution < 1.29 is 4.68 Å². The molecule has 10 nitrogen and oxygen atoms in total. The van der Waals surface area contributed by atoms with Crippen LogP contribution >= 0.6 is 11.8 Å². The first-order valence-corrected chi connectivity index (χ1v) is 13.1. The fraction of sp³-hybridized carbons (Fsp3) is 0.609. The van der Waals surface area contributed by atoms with Gasteiger partial charge in [0.2, 0.25) is 0 Å². The van der Waals surface area contributed by atoms with Crippen LogP contribution in [0.5, 0.6) is 0 Å². The molecule has 0 amide bonds. The Morgan fingerprint density at radius 2 is 1.82 bits per heavy atom. The van der Waals surface area contributed by atoms with Crippen LogP contribution in [0.25, 0.3) is 11.2 Å². The summed E-state index contributed by atoms with van der Waals surface area (Å²) in [5, 5.41) is 5.32. The first-order valence-electron chi connectivity index (χ1n) is 12.1. The van der Waals surface area contributed by atoms with Gasteiger partial charge in [-0.15, -0.1) is 4.68 Å². The molecule has 0 fully saturated rings. The Labute approximate surface area is 202 Å². The van der Waals surface area contributed by atoms with E-state index in [1.165, 1.54) is 11.8 Å². The van der Waals surface area contributed by atoms with Crippen molar-refractivity contribution in [3.05, 3.63) is 26.7 Å². The highest BCUT2D eigenvalue weighted by Crippen LogP contribution is 2.24. The summed E-state index contributed by atoms with van der Waals surface area (Å²) in [5.41, 5.74) is 2.31. The Balaban J connectivity index is 1.63. The van der Waals surface area contributed by atoms with Gasteiger partial charge in [0.15, 0.2) is 11.2 Å². The lowest BCUT2D eigenvalue weighted by atomic mass is 9.92. The Kier molecular flexibility index (Phi) is 7.30. The van der Waals surface area contributed by atoms with Gasteiger partial charge in [0.05, 0.1) is 17.4 Å². The van der Waals surface area contributed by atoms with Crippen LogP contribution in [0.1, 0.15) is 72.5 Å². The number of aromatic amines is 1. The second-order valence-electron chi connectivity index (χ2n) is 8.69. The van der Waals surface area contributed by atoms with Gasteiger partial charge in [-0.1, -0.05) is 55.0 Å². The summed E-state index contributed by atoms with van der Waals surface area (Å²) in [6, 6.07) is 0. The van der Waals surface area contributed by atoms with Crippen LogP contribution in [0.15, 0.2) is 24.7 Å². The molecular formula is C23H33N8O2S+. The maximum Gasteiger partial charge on any atom is 0.459 e. The second kappa shape index (κ2) is 10.2. The molecule has 2 aliphatic heterocycles. The molecule has 1 N–H and O–H groups in total. The molecular weight excluding hydrogens is 452 g/mol. The van der Waals surface area contributed by atoms with Crippen molar-refractivity contribution in [2.45, 2.75) is 85.6 Å². The Bertz CT molecular complexity index is 1340. The molecule has 0 radical (unpaired) electrons. The first-order chi connectivity index (χ1) is 16.4. The van der Waals surface area contributed by atoms with E-state index >= 15 is 0 Å². The van der Waals surface area contributed by atoms with Gasteiger partial charge in [-0.2, -0.15) is 0 Å². The first kappa shape index (κ1) is 24.3. The minimum atomic E-state index is -0.411. The molecule has 182 valence electrons. The summed E-state index contributed by atoms with van der Waals surface area (Å²) in [4.78, 5) is 41.5. The average Bonchev–Trinajstić information content (AvgIpc) is 3.38. The fourth-order valence-corrected chi connectivity index (χ4v) is 5.25. The minimum absolute atomic E-state index is 0.294. The number of amidine groups is 1. The predicted molar refractivity (Wildman–Crippen MR) is 138 cm³/mol. The lowest BCUT2D eigenvalue weighted by Crippen LogP contribution is -2.34. The van der Waals surface area contributed by atoms with Gasteiger partial charge in [0, 0.05) is 13.1 Å². The minimum Gasteiger partial charge on any atom is -0.322 e. The number of aryl methyl sites for hydroxylation is 2. The molecule has 1 atom stereocenters. The third-order valence-corrected chi connectivity index (χ3v) is 7.22. The Hall–Kier alpha value is -2.82. The van der Waals surface area contributed by atoms with Gasteiger partial charge in [0.1, 0.15) is 11.5 Å². The van der Waals surface area contributed by atoms with E-state index in [1.54, 1.807) is 4.57 Å². The molecule has 11 heteroatoms. The van der Waals surface area contributed by atoms with Gasteiger partial charge in [-0.05, 0) is 38.6 Å². The van der Waals surface area contributed by atoms with Crippen LogP contribution in [0.2, 0.25) is 0 Å². The number of fused-ring (bicyclic) bond motifs is 2. The third-order valence-electron chi connectivity index (χ3n) is 6.38. The zero-order valence-electron chi connectivity index (χ0n) is 20.6. The molecule has 4 heterocycles. The standard InChI is InChI=1S/C23H32N8O2S/c1-6-9-11-16-14(4)24-21-27-22(28-31(21)15(16)5)34-13-17-25-19-18(29(17)8-3)20(32)26-23(33)30(19)12-10-7-2/h16H,6-13H2,1-5H3/p+1. The van der Waals surface area contributed by atoms with Gasteiger partial charge < -0.3 is 4.57 Å². The number of nitrogens with zero attached hydrogens (tertiary/aromatic N) is 7. The largest absolute Gasteiger partial charge is 0.459 e. The zero-order chi connectivity index (χ0) is 24.4. The summed E-state index contributed by atoms with van der Waals surface area (Å²) in [7, 11) is 0. The van der Waals surface area contributed by atoms with E-state index in [0.717, 1.165) is 49.4 Å². The molecule has 2 aromatic rings. The molecule has 0 aromatic carbocycles. The molecule has 0 saturated carbocycles. The second-order valence-corrected chi connectivity index (χ2v) is 9.64. The molecule has 2 aliphatic rings. The van der Waals surface area contributed by atoms with Crippen molar-refractivity contribution in [3.63, 3.8) is 0 Å². The molecule has 0 aliphatic carbocycles. The number of H-pyrrole nitrogens is 1. The van der Waals surface area contributed by atoms with Crippen molar-refractivity contribution in [2.75, 3.05) is 0 Å². The lowest BCUT2D eigenvalue weighted by molar-refractivity contribution is -0.413. The van der Waals surface area contributed by atoms with Crippen molar-refractivity contribution >= 4 is 45.5 Å². The van der Waals surface area contributed by atoms with Crippen LogP contribution < -0.4 is 11.2 Å². The van der Waals surface area contributed by atoms with Crippen LogP contribution in [0.4, 0.5) is 0 Å². The molecule has 34 heavy (non-hydrogen) atoms. The van der Waals surface area contributed by atoms with E-state index in [1.807, 2.05) is 16.2 Å². The number of aliphatic imine (C=N–C) groups is 2.